The van der Waals surface area contributed by atoms with Crippen molar-refractivity contribution in [1.29, 1.82) is 0 Å². The zero-order valence-electron chi connectivity index (χ0n) is 13.5. The number of rotatable bonds is 4. The third-order valence-electron chi connectivity index (χ3n) is 4.82. The highest BCUT2D eigenvalue weighted by atomic mass is 79.9. The summed E-state index contributed by atoms with van der Waals surface area (Å²) in [5.41, 5.74) is 5.56. The first kappa shape index (κ1) is 17.5. The Kier molecular flexibility index (Phi) is 5.65. The van der Waals surface area contributed by atoms with Gasteiger partial charge in [-0.15, -0.1) is 12.4 Å². The average molecular weight is 406 g/mol. The number of hydrogen-bond acceptors (Lipinski definition) is 1. The van der Waals surface area contributed by atoms with Crippen LogP contribution in [0.15, 0.2) is 53.0 Å². The first-order valence-corrected chi connectivity index (χ1v) is 9.18. The van der Waals surface area contributed by atoms with Crippen molar-refractivity contribution in [2.24, 2.45) is 0 Å². The van der Waals surface area contributed by atoms with Crippen LogP contribution in [-0.4, -0.2) is 11.5 Å². The fourth-order valence-corrected chi connectivity index (χ4v) is 4.04. The number of H-pyrrole nitrogens is 1. The van der Waals surface area contributed by atoms with E-state index >= 15 is 0 Å². The molecule has 3 aromatic rings. The Morgan fingerprint density at radius 1 is 1.12 bits per heavy atom. The monoisotopic (exact) mass is 404 g/mol. The van der Waals surface area contributed by atoms with Crippen molar-refractivity contribution < 1.29 is 0 Å². The molecule has 2 nitrogen and oxygen atoms in total. The first-order valence-electron chi connectivity index (χ1n) is 8.38. The smallest absolute Gasteiger partial charge is 0.0476 e. The summed E-state index contributed by atoms with van der Waals surface area (Å²) >= 11 is 3.57. The number of fused-ring (bicyclic) bond motifs is 3. The number of benzene rings is 2. The third kappa shape index (κ3) is 3.53. The number of halogens is 2. The lowest BCUT2D eigenvalue weighted by Crippen LogP contribution is -2.27. The van der Waals surface area contributed by atoms with Crippen LogP contribution in [0.4, 0.5) is 0 Å². The predicted octanol–water partition coefficient (Wildman–Crippen LogP) is 5.56. The van der Waals surface area contributed by atoms with Crippen molar-refractivity contribution in [3.05, 3.63) is 69.8 Å². The van der Waals surface area contributed by atoms with E-state index in [2.05, 4.69) is 74.8 Å². The predicted molar refractivity (Wildman–Crippen MR) is 107 cm³/mol. The van der Waals surface area contributed by atoms with E-state index in [1.54, 1.807) is 0 Å². The van der Waals surface area contributed by atoms with Crippen LogP contribution in [0.5, 0.6) is 0 Å². The summed E-state index contributed by atoms with van der Waals surface area (Å²) in [6.45, 7) is 1.02. The van der Waals surface area contributed by atoms with Gasteiger partial charge in [0.05, 0.1) is 0 Å². The minimum atomic E-state index is 0. The molecular weight excluding hydrogens is 384 g/mol. The second-order valence-electron chi connectivity index (χ2n) is 6.34. The molecule has 0 aliphatic heterocycles. The van der Waals surface area contributed by atoms with Crippen LogP contribution < -0.4 is 5.32 Å². The van der Waals surface area contributed by atoms with E-state index in [0.29, 0.717) is 6.04 Å². The molecule has 1 aromatic heterocycles. The van der Waals surface area contributed by atoms with Gasteiger partial charge in [-0.05, 0) is 55.5 Å². The van der Waals surface area contributed by atoms with Gasteiger partial charge in [0, 0.05) is 27.1 Å². The van der Waals surface area contributed by atoms with E-state index in [1.807, 2.05) is 0 Å². The molecule has 0 saturated heterocycles. The van der Waals surface area contributed by atoms with Crippen molar-refractivity contribution in [2.45, 2.75) is 31.7 Å². The Hall–Kier alpha value is -1.29. The molecule has 1 heterocycles. The van der Waals surface area contributed by atoms with Gasteiger partial charge in [-0.1, -0.05) is 52.3 Å². The molecule has 1 unspecified atom stereocenters. The highest BCUT2D eigenvalue weighted by molar-refractivity contribution is 9.10. The van der Waals surface area contributed by atoms with Gasteiger partial charge in [0.15, 0.2) is 0 Å². The fourth-order valence-electron chi connectivity index (χ4n) is 3.68. The maximum absolute atomic E-state index is 3.76. The van der Waals surface area contributed by atoms with Gasteiger partial charge in [0.1, 0.15) is 0 Å². The fraction of sp³-hybridized carbons (Fsp3) is 0.300. The lowest BCUT2D eigenvalue weighted by molar-refractivity contribution is 0.456. The van der Waals surface area contributed by atoms with Crippen LogP contribution in [0.2, 0.25) is 0 Å². The molecule has 0 radical (unpaired) electrons. The van der Waals surface area contributed by atoms with Gasteiger partial charge in [0.25, 0.3) is 0 Å². The normalized spacial score (nSPS) is 16.6. The molecule has 0 saturated carbocycles. The molecule has 4 rings (SSSR count). The van der Waals surface area contributed by atoms with Gasteiger partial charge in [-0.2, -0.15) is 0 Å². The van der Waals surface area contributed by atoms with Crippen molar-refractivity contribution in [3.63, 3.8) is 0 Å². The van der Waals surface area contributed by atoms with Gasteiger partial charge >= 0.3 is 0 Å². The number of aromatic amines is 1. The second kappa shape index (κ2) is 7.73. The Bertz CT molecular complexity index is 813. The number of nitrogens with one attached hydrogen (secondary N) is 2. The van der Waals surface area contributed by atoms with Gasteiger partial charge in [-0.25, -0.2) is 0 Å². The summed E-state index contributed by atoms with van der Waals surface area (Å²) in [7, 11) is 0. The topological polar surface area (TPSA) is 27.8 Å². The summed E-state index contributed by atoms with van der Waals surface area (Å²) in [4.78, 5) is 3.66. The minimum absolute atomic E-state index is 0. The van der Waals surface area contributed by atoms with Crippen molar-refractivity contribution >= 4 is 39.2 Å². The van der Waals surface area contributed by atoms with Crippen LogP contribution in [-0.2, 0) is 12.8 Å². The zero-order chi connectivity index (χ0) is 15.6. The number of aryl methyl sites for hydroxylation is 1. The maximum atomic E-state index is 3.76. The Balaban J connectivity index is 0.00000169. The van der Waals surface area contributed by atoms with E-state index in [1.165, 1.54) is 47.0 Å². The van der Waals surface area contributed by atoms with E-state index in [-0.39, 0.29) is 12.4 Å². The van der Waals surface area contributed by atoms with Crippen LogP contribution >= 0.6 is 28.3 Å². The second-order valence-corrected chi connectivity index (χ2v) is 7.26. The molecule has 2 aromatic carbocycles. The average Bonchev–Trinajstić information content (AvgIpc) is 2.94. The first-order chi connectivity index (χ1) is 11.3. The van der Waals surface area contributed by atoms with Crippen molar-refractivity contribution in [1.82, 2.24) is 10.3 Å². The van der Waals surface area contributed by atoms with Crippen LogP contribution in [0, 0.1) is 0 Å². The highest BCUT2D eigenvalue weighted by Crippen LogP contribution is 2.35. The summed E-state index contributed by atoms with van der Waals surface area (Å²) in [6, 6.07) is 17.7. The number of hydrogen-bond donors (Lipinski definition) is 2. The van der Waals surface area contributed by atoms with Crippen LogP contribution in [0.25, 0.3) is 10.9 Å². The SMILES string of the molecule is Brc1ccc2c3c([nH]c2c1)C(NCCc1ccccc1)CCC3.Cl. The van der Waals surface area contributed by atoms with Gasteiger partial charge < -0.3 is 10.3 Å². The zero-order valence-corrected chi connectivity index (χ0v) is 15.9. The lowest BCUT2D eigenvalue weighted by Gasteiger charge is -2.24. The Morgan fingerprint density at radius 3 is 2.79 bits per heavy atom. The summed E-state index contributed by atoms with van der Waals surface area (Å²) in [5, 5.41) is 5.15. The molecular formula is C20H22BrClN2. The molecule has 1 aliphatic carbocycles. The van der Waals surface area contributed by atoms with E-state index in [9.17, 15) is 0 Å². The maximum Gasteiger partial charge on any atom is 0.0476 e. The summed E-state index contributed by atoms with van der Waals surface area (Å²) < 4.78 is 1.14. The highest BCUT2D eigenvalue weighted by Gasteiger charge is 2.23. The standard InChI is InChI=1S/C20H21BrN2.ClH/c21-15-9-10-16-17-7-4-8-18(20(17)23-19(16)13-15)22-12-11-14-5-2-1-3-6-14;/h1-3,5-6,9-10,13,18,22-23H,4,7-8,11-12H2;1H. The Labute approximate surface area is 157 Å². The summed E-state index contributed by atoms with van der Waals surface area (Å²) in [5.74, 6) is 0. The summed E-state index contributed by atoms with van der Waals surface area (Å²) in [6.07, 6.45) is 4.75. The van der Waals surface area contributed by atoms with Gasteiger partial charge in [-0.3, -0.25) is 0 Å². The molecule has 24 heavy (non-hydrogen) atoms. The molecule has 0 fully saturated rings. The third-order valence-corrected chi connectivity index (χ3v) is 5.31. The van der Waals surface area contributed by atoms with E-state index in [4.69, 9.17) is 0 Å². The quantitative estimate of drug-likeness (QED) is 0.584. The van der Waals surface area contributed by atoms with E-state index in [0.717, 1.165) is 17.4 Å². The Morgan fingerprint density at radius 2 is 1.96 bits per heavy atom. The van der Waals surface area contributed by atoms with E-state index < -0.39 is 0 Å². The minimum Gasteiger partial charge on any atom is -0.357 e. The molecule has 126 valence electrons. The largest absolute Gasteiger partial charge is 0.357 e. The van der Waals surface area contributed by atoms with Crippen LogP contribution in [0.3, 0.4) is 0 Å². The molecule has 4 heteroatoms. The number of aromatic nitrogens is 1. The molecule has 0 bridgehead atoms. The van der Waals surface area contributed by atoms with Gasteiger partial charge in [0.2, 0.25) is 0 Å². The molecule has 1 atom stereocenters. The molecule has 0 amide bonds. The molecule has 2 N–H and O–H groups in total. The lowest BCUT2D eigenvalue weighted by atomic mass is 9.91. The molecule has 1 aliphatic rings. The van der Waals surface area contributed by atoms with Crippen molar-refractivity contribution in [3.8, 4) is 0 Å². The van der Waals surface area contributed by atoms with Crippen LogP contribution in [0.1, 0.15) is 35.7 Å². The molecule has 0 spiro atoms. The van der Waals surface area contributed by atoms with Crippen molar-refractivity contribution in [2.75, 3.05) is 6.54 Å².